The van der Waals surface area contributed by atoms with Crippen molar-refractivity contribution in [2.45, 2.75) is 37.1 Å². The number of hydrogen-bond acceptors (Lipinski definition) is 3. The molecule has 2 unspecified atom stereocenters. The number of carbonyl (C=O) groups excluding carboxylic acids is 1. The Bertz CT molecular complexity index is 1550. The highest BCUT2D eigenvalue weighted by molar-refractivity contribution is 6.30. The van der Waals surface area contributed by atoms with Gasteiger partial charge in [0.25, 0.3) is 5.91 Å². The van der Waals surface area contributed by atoms with Gasteiger partial charge < -0.3 is 15.4 Å². The zero-order chi connectivity index (χ0) is 27.5. The van der Waals surface area contributed by atoms with E-state index in [0.29, 0.717) is 22.0 Å². The smallest absolute Gasteiger partial charge is 0.251 e. The molecular formula is C32H29Cl2N3O2. The lowest BCUT2D eigenvalue weighted by atomic mass is 9.81. The van der Waals surface area contributed by atoms with Gasteiger partial charge >= 0.3 is 0 Å². The average Bonchev–Trinajstić information content (AvgIpc) is 3.37. The van der Waals surface area contributed by atoms with Crippen molar-refractivity contribution >= 4 is 51.5 Å². The van der Waals surface area contributed by atoms with Gasteiger partial charge in [0.2, 0.25) is 0 Å². The summed E-state index contributed by atoms with van der Waals surface area (Å²) in [5.74, 6) is 0.00865. The molecule has 7 heteroatoms. The molecule has 1 aliphatic rings. The lowest BCUT2D eigenvalue weighted by molar-refractivity contribution is 0.0934. The third-order valence-electron chi connectivity index (χ3n) is 7.00. The molecule has 5 nitrogen and oxygen atoms in total. The summed E-state index contributed by atoms with van der Waals surface area (Å²) in [6, 6.07) is 20.4. The molecule has 0 saturated carbocycles. The van der Waals surface area contributed by atoms with Crippen LogP contribution < -0.4 is 5.32 Å². The first-order valence-corrected chi connectivity index (χ1v) is 13.7. The molecule has 3 N–H and O–H groups in total. The quantitative estimate of drug-likeness (QED) is 0.150. The Morgan fingerprint density at radius 3 is 2.64 bits per heavy atom. The van der Waals surface area contributed by atoms with Crippen molar-refractivity contribution in [3.8, 4) is 0 Å². The van der Waals surface area contributed by atoms with E-state index in [2.05, 4.69) is 23.8 Å². The van der Waals surface area contributed by atoms with Crippen molar-refractivity contribution in [3.05, 3.63) is 125 Å². The van der Waals surface area contributed by atoms with Crippen molar-refractivity contribution in [2.75, 3.05) is 0 Å². The molecule has 1 heterocycles. The lowest BCUT2D eigenvalue weighted by Gasteiger charge is -2.27. The number of aliphatic hydroxyl groups excluding tert-OH is 1. The largest absolute Gasteiger partial charge is 0.508 e. The maximum absolute atomic E-state index is 13.4. The number of nitrogens with one attached hydrogen (secondary N) is 2. The summed E-state index contributed by atoms with van der Waals surface area (Å²) < 4.78 is 0. The SMILES string of the molecule is C=C(O)c1cc(C(=O)NC(CCC)c2ccc(Cl)cc2)ccc1C1C(c2nc3ccccc3[nH]2)=CC=C[C@@H]1Cl. The number of alkyl halides is 1. The summed E-state index contributed by atoms with van der Waals surface area (Å²) in [6.07, 6.45) is 7.47. The molecule has 1 aliphatic carbocycles. The Labute approximate surface area is 237 Å². The molecule has 3 aromatic carbocycles. The van der Waals surface area contributed by atoms with Crippen LogP contribution in [0.5, 0.6) is 0 Å². The fourth-order valence-electron chi connectivity index (χ4n) is 5.07. The van der Waals surface area contributed by atoms with E-state index in [1.807, 2.05) is 72.8 Å². The third-order valence-corrected chi connectivity index (χ3v) is 7.65. The summed E-state index contributed by atoms with van der Waals surface area (Å²) in [5.41, 5.74) is 5.30. The number of halogens is 2. The van der Waals surface area contributed by atoms with Crippen LogP contribution >= 0.6 is 23.2 Å². The molecule has 1 aromatic heterocycles. The summed E-state index contributed by atoms with van der Waals surface area (Å²) in [7, 11) is 0. The Morgan fingerprint density at radius 2 is 1.92 bits per heavy atom. The number of rotatable bonds is 8. The highest BCUT2D eigenvalue weighted by Gasteiger charge is 2.31. The van der Waals surface area contributed by atoms with Crippen LogP contribution in [0.2, 0.25) is 5.02 Å². The molecule has 0 aliphatic heterocycles. The van der Waals surface area contributed by atoms with Gasteiger partial charge in [-0.3, -0.25) is 4.79 Å². The van der Waals surface area contributed by atoms with Gasteiger partial charge in [-0.25, -0.2) is 4.98 Å². The zero-order valence-corrected chi connectivity index (χ0v) is 23.0. The number of para-hydroxylation sites is 2. The molecule has 0 saturated heterocycles. The molecule has 0 spiro atoms. The summed E-state index contributed by atoms with van der Waals surface area (Å²) in [5, 5.41) is 14.0. The monoisotopic (exact) mass is 557 g/mol. The summed E-state index contributed by atoms with van der Waals surface area (Å²) in [6.45, 7) is 5.87. The van der Waals surface area contributed by atoms with Crippen LogP contribution in [0.25, 0.3) is 22.4 Å². The minimum absolute atomic E-state index is 0.134. The maximum atomic E-state index is 13.4. The third kappa shape index (κ3) is 5.65. The second-order valence-corrected chi connectivity index (χ2v) is 10.6. The highest BCUT2D eigenvalue weighted by atomic mass is 35.5. The van der Waals surface area contributed by atoms with Crippen LogP contribution in [0.3, 0.4) is 0 Å². The molecule has 4 aromatic rings. The molecular weight excluding hydrogens is 529 g/mol. The van der Waals surface area contributed by atoms with Crippen molar-refractivity contribution in [1.82, 2.24) is 15.3 Å². The van der Waals surface area contributed by atoms with Gasteiger partial charge in [-0.1, -0.05) is 80.1 Å². The number of hydrogen-bond donors (Lipinski definition) is 3. The molecule has 0 radical (unpaired) electrons. The topological polar surface area (TPSA) is 78.0 Å². The van der Waals surface area contributed by atoms with E-state index in [9.17, 15) is 9.90 Å². The number of carbonyl (C=O) groups is 1. The van der Waals surface area contributed by atoms with E-state index in [0.717, 1.165) is 40.6 Å². The van der Waals surface area contributed by atoms with Crippen molar-refractivity contribution in [3.63, 3.8) is 0 Å². The predicted octanol–water partition coefficient (Wildman–Crippen LogP) is 8.36. The lowest BCUT2D eigenvalue weighted by Crippen LogP contribution is -2.28. The van der Waals surface area contributed by atoms with Crippen LogP contribution in [-0.4, -0.2) is 26.4 Å². The first kappa shape index (κ1) is 26.8. The summed E-state index contributed by atoms with van der Waals surface area (Å²) >= 11 is 12.9. The molecule has 1 amide bonds. The molecule has 39 heavy (non-hydrogen) atoms. The number of benzene rings is 3. The normalized spacial score (nSPS) is 17.6. The van der Waals surface area contributed by atoms with Crippen LogP contribution in [0, 0.1) is 0 Å². The second-order valence-electron chi connectivity index (χ2n) is 9.65. The zero-order valence-electron chi connectivity index (χ0n) is 21.5. The molecule has 5 rings (SSSR count). The molecule has 198 valence electrons. The Morgan fingerprint density at radius 1 is 1.15 bits per heavy atom. The number of allylic oxidation sites excluding steroid dienone is 4. The number of imidazole rings is 1. The number of H-pyrrole nitrogens is 1. The van der Waals surface area contributed by atoms with E-state index in [1.54, 1.807) is 12.1 Å². The first-order valence-electron chi connectivity index (χ1n) is 12.9. The first-order chi connectivity index (χ1) is 18.9. The predicted molar refractivity (Wildman–Crippen MR) is 160 cm³/mol. The molecule has 0 fully saturated rings. The van der Waals surface area contributed by atoms with Gasteiger partial charge in [-0.2, -0.15) is 0 Å². The Balaban J connectivity index is 1.48. The van der Waals surface area contributed by atoms with Crippen LogP contribution in [0.4, 0.5) is 0 Å². The van der Waals surface area contributed by atoms with Crippen LogP contribution in [-0.2, 0) is 0 Å². The van der Waals surface area contributed by atoms with Crippen LogP contribution in [0.1, 0.15) is 64.6 Å². The van der Waals surface area contributed by atoms with E-state index >= 15 is 0 Å². The summed E-state index contributed by atoms with van der Waals surface area (Å²) in [4.78, 5) is 21.5. The Hall–Kier alpha value is -3.80. The number of fused-ring (bicyclic) bond motifs is 1. The number of aromatic nitrogens is 2. The van der Waals surface area contributed by atoms with Crippen molar-refractivity contribution in [1.29, 1.82) is 0 Å². The number of aliphatic hydroxyl groups is 1. The van der Waals surface area contributed by atoms with Gasteiger partial charge in [-0.15, -0.1) is 11.6 Å². The minimum atomic E-state index is -0.394. The number of nitrogens with zero attached hydrogens (tertiary/aromatic N) is 1. The van der Waals surface area contributed by atoms with Gasteiger partial charge in [0.05, 0.1) is 22.5 Å². The fraction of sp³-hybridized carbons (Fsp3) is 0.188. The Kier molecular flexibility index (Phi) is 7.92. The van der Waals surface area contributed by atoms with Gasteiger partial charge in [0.1, 0.15) is 11.6 Å². The standard InChI is InChI=1S/C32H29Cl2N3O2/c1-3-7-27(20-12-15-22(33)16-13-20)37-32(39)21-14-17-23(25(18-21)19(2)38)30-24(8-6-9-26(30)34)31-35-28-10-4-5-11-29(28)36-31/h4-6,8-18,26-27,30,38H,2-3,7H2,1H3,(H,35,36)(H,37,39)/t26-,27?,30?/m0/s1. The van der Waals surface area contributed by atoms with Crippen molar-refractivity contribution < 1.29 is 9.90 Å². The number of aromatic amines is 1. The number of amides is 1. The highest BCUT2D eigenvalue weighted by Crippen LogP contribution is 2.42. The van der Waals surface area contributed by atoms with Crippen molar-refractivity contribution in [2.24, 2.45) is 0 Å². The van der Waals surface area contributed by atoms with E-state index < -0.39 is 5.38 Å². The van der Waals surface area contributed by atoms with E-state index in [4.69, 9.17) is 28.2 Å². The van der Waals surface area contributed by atoms with Gasteiger partial charge in [0.15, 0.2) is 0 Å². The maximum Gasteiger partial charge on any atom is 0.251 e. The van der Waals surface area contributed by atoms with Gasteiger partial charge in [-0.05, 0) is 53.9 Å². The van der Waals surface area contributed by atoms with E-state index in [-0.39, 0.29) is 23.6 Å². The van der Waals surface area contributed by atoms with E-state index in [1.165, 1.54) is 0 Å². The molecule has 3 atom stereocenters. The fourth-order valence-corrected chi connectivity index (χ4v) is 5.55. The second kappa shape index (κ2) is 11.5. The minimum Gasteiger partial charge on any atom is -0.508 e. The van der Waals surface area contributed by atoms with Crippen LogP contribution in [0.15, 0.2) is 91.5 Å². The average molecular weight is 559 g/mol. The molecule has 0 bridgehead atoms. The van der Waals surface area contributed by atoms with Gasteiger partial charge in [0, 0.05) is 27.6 Å².